The second kappa shape index (κ2) is 6.23. The van der Waals surface area contributed by atoms with Gasteiger partial charge in [-0.3, -0.25) is 4.79 Å². The quantitative estimate of drug-likeness (QED) is 0.863. The van der Waals surface area contributed by atoms with Crippen molar-refractivity contribution >= 4 is 0 Å². The molecule has 5 heteroatoms. The average Bonchev–Trinajstić information content (AvgIpc) is 2.48. The lowest BCUT2D eigenvalue weighted by Crippen LogP contribution is -2.22. The van der Waals surface area contributed by atoms with Gasteiger partial charge in [0.05, 0.1) is 12.3 Å². The van der Waals surface area contributed by atoms with Gasteiger partial charge in [0.15, 0.2) is 0 Å². The van der Waals surface area contributed by atoms with Crippen molar-refractivity contribution in [1.82, 2.24) is 9.78 Å². The summed E-state index contributed by atoms with van der Waals surface area (Å²) in [5, 5.41) is 13.2. The van der Waals surface area contributed by atoms with Crippen molar-refractivity contribution in [3.63, 3.8) is 0 Å². The molecule has 0 N–H and O–H groups in total. The summed E-state index contributed by atoms with van der Waals surface area (Å²) < 4.78 is 6.85. The number of ether oxygens (including phenoxy) is 1. The predicted molar refractivity (Wildman–Crippen MR) is 80.0 cm³/mol. The van der Waals surface area contributed by atoms with Gasteiger partial charge in [0, 0.05) is 12.6 Å². The molecule has 108 valence electrons. The first-order valence-corrected chi connectivity index (χ1v) is 6.73. The summed E-state index contributed by atoms with van der Waals surface area (Å²) in [6, 6.07) is 10.9. The maximum absolute atomic E-state index is 11.7. The normalized spacial score (nSPS) is 10.4. The van der Waals surface area contributed by atoms with Gasteiger partial charge in [0.1, 0.15) is 17.4 Å². The van der Waals surface area contributed by atoms with Crippen LogP contribution in [0.4, 0.5) is 0 Å². The molecule has 0 saturated carbocycles. The molecule has 0 bridgehead atoms. The zero-order chi connectivity index (χ0) is 15.4. The minimum atomic E-state index is -0.395. The van der Waals surface area contributed by atoms with E-state index in [1.807, 2.05) is 30.3 Å². The molecule has 0 fully saturated rings. The van der Waals surface area contributed by atoms with E-state index in [0.717, 1.165) is 11.3 Å². The Morgan fingerprint density at radius 2 is 2.14 bits per heavy atom. The Morgan fingerprint density at radius 3 is 2.81 bits per heavy atom. The Kier molecular flexibility index (Phi) is 4.39. The van der Waals surface area contributed by atoms with E-state index in [0.29, 0.717) is 18.2 Å². The number of aromatic nitrogens is 2. The summed E-state index contributed by atoms with van der Waals surface area (Å²) in [4.78, 5) is 11.7. The van der Waals surface area contributed by atoms with Gasteiger partial charge in [-0.1, -0.05) is 26.0 Å². The second-order valence-corrected chi connectivity index (χ2v) is 5.22. The van der Waals surface area contributed by atoms with Crippen molar-refractivity contribution in [3.05, 3.63) is 46.2 Å². The molecule has 0 atom stereocenters. The van der Waals surface area contributed by atoms with Gasteiger partial charge in [-0.05, 0) is 24.1 Å². The summed E-state index contributed by atoms with van der Waals surface area (Å²) in [7, 11) is 1.53. The molecule has 5 nitrogen and oxygen atoms in total. The first-order chi connectivity index (χ1) is 10.0. The van der Waals surface area contributed by atoms with Crippen molar-refractivity contribution < 1.29 is 4.74 Å². The Morgan fingerprint density at radius 1 is 1.38 bits per heavy atom. The van der Waals surface area contributed by atoms with Gasteiger partial charge in [0.2, 0.25) is 0 Å². The number of rotatable bonds is 4. The molecule has 2 aromatic rings. The van der Waals surface area contributed by atoms with Crippen LogP contribution in [0, 0.1) is 17.2 Å². The third-order valence-electron chi connectivity index (χ3n) is 2.90. The van der Waals surface area contributed by atoms with E-state index in [1.54, 1.807) is 0 Å². The molecule has 2 rings (SSSR count). The lowest BCUT2D eigenvalue weighted by atomic mass is 10.1. The minimum absolute atomic E-state index is 0.0796. The highest BCUT2D eigenvalue weighted by Crippen LogP contribution is 2.22. The molecule has 0 amide bonds. The summed E-state index contributed by atoms with van der Waals surface area (Å²) in [5.41, 5.74) is 1.07. The number of nitriles is 1. The zero-order valence-corrected chi connectivity index (χ0v) is 12.3. The van der Waals surface area contributed by atoms with Crippen LogP contribution in [-0.2, 0) is 7.05 Å². The van der Waals surface area contributed by atoms with E-state index in [2.05, 4.69) is 18.9 Å². The monoisotopic (exact) mass is 283 g/mol. The molecule has 0 saturated heterocycles. The van der Waals surface area contributed by atoms with Gasteiger partial charge in [0.25, 0.3) is 5.56 Å². The van der Waals surface area contributed by atoms with Crippen molar-refractivity contribution in [2.24, 2.45) is 13.0 Å². The molecular formula is C16H17N3O2. The first-order valence-electron chi connectivity index (χ1n) is 6.73. The molecule has 0 aliphatic rings. The molecule has 1 heterocycles. The SMILES string of the molecule is CC(C)COc1cccc(-c2cc(C#N)c(=O)n(C)n2)c1. The molecule has 1 aromatic carbocycles. The molecule has 0 aliphatic heterocycles. The first kappa shape index (κ1) is 14.8. The standard InChI is InChI=1S/C16H17N3O2/c1-11(2)10-21-14-6-4-5-12(7-14)15-8-13(9-17)16(20)19(3)18-15/h4-8,11H,10H2,1-3H3. The lowest BCUT2D eigenvalue weighted by Gasteiger charge is -2.10. The second-order valence-electron chi connectivity index (χ2n) is 5.22. The van der Waals surface area contributed by atoms with Crippen molar-refractivity contribution in [3.8, 4) is 23.1 Å². The van der Waals surface area contributed by atoms with Crippen LogP contribution in [0.5, 0.6) is 5.75 Å². The maximum Gasteiger partial charge on any atom is 0.284 e. The van der Waals surface area contributed by atoms with Crippen LogP contribution >= 0.6 is 0 Å². The Labute approximate surface area is 123 Å². The van der Waals surface area contributed by atoms with Crippen LogP contribution in [0.3, 0.4) is 0 Å². The molecule has 21 heavy (non-hydrogen) atoms. The topological polar surface area (TPSA) is 67.9 Å². The van der Waals surface area contributed by atoms with E-state index in [9.17, 15) is 4.79 Å². The Bertz CT molecular complexity index is 742. The molecular weight excluding hydrogens is 266 g/mol. The molecule has 0 radical (unpaired) electrons. The fourth-order valence-corrected chi connectivity index (χ4v) is 1.84. The smallest absolute Gasteiger partial charge is 0.284 e. The van der Waals surface area contributed by atoms with E-state index in [4.69, 9.17) is 10.00 Å². The van der Waals surface area contributed by atoms with Crippen LogP contribution in [0.2, 0.25) is 0 Å². The number of hydrogen-bond donors (Lipinski definition) is 0. The van der Waals surface area contributed by atoms with Crippen molar-refractivity contribution in [2.45, 2.75) is 13.8 Å². The third kappa shape index (κ3) is 3.48. The van der Waals surface area contributed by atoms with Gasteiger partial charge in [-0.2, -0.15) is 10.4 Å². The van der Waals surface area contributed by atoms with Crippen molar-refractivity contribution in [1.29, 1.82) is 5.26 Å². The third-order valence-corrected chi connectivity index (χ3v) is 2.90. The molecule has 1 aromatic heterocycles. The average molecular weight is 283 g/mol. The minimum Gasteiger partial charge on any atom is -0.493 e. The largest absolute Gasteiger partial charge is 0.493 e. The Hall–Kier alpha value is -2.61. The maximum atomic E-state index is 11.7. The van der Waals surface area contributed by atoms with Crippen molar-refractivity contribution in [2.75, 3.05) is 6.61 Å². The number of nitrogens with zero attached hydrogens (tertiary/aromatic N) is 3. The summed E-state index contributed by atoms with van der Waals surface area (Å²) in [6.07, 6.45) is 0. The van der Waals surface area contributed by atoms with E-state index in [1.165, 1.54) is 17.8 Å². The van der Waals surface area contributed by atoms with Crippen LogP contribution in [0.25, 0.3) is 11.3 Å². The number of hydrogen-bond acceptors (Lipinski definition) is 4. The van der Waals surface area contributed by atoms with Crippen LogP contribution in [-0.4, -0.2) is 16.4 Å². The van der Waals surface area contributed by atoms with Gasteiger partial charge in [-0.25, -0.2) is 4.68 Å². The fourth-order valence-electron chi connectivity index (χ4n) is 1.84. The highest BCUT2D eigenvalue weighted by atomic mass is 16.5. The van der Waals surface area contributed by atoms with E-state index >= 15 is 0 Å². The van der Waals surface area contributed by atoms with Gasteiger partial charge >= 0.3 is 0 Å². The van der Waals surface area contributed by atoms with E-state index in [-0.39, 0.29) is 5.56 Å². The molecule has 0 unspecified atom stereocenters. The predicted octanol–water partition coefficient (Wildman–Crippen LogP) is 2.35. The van der Waals surface area contributed by atoms with Gasteiger partial charge < -0.3 is 4.74 Å². The van der Waals surface area contributed by atoms with Gasteiger partial charge in [-0.15, -0.1) is 0 Å². The Balaban J connectivity index is 2.39. The van der Waals surface area contributed by atoms with Crippen LogP contribution in [0.1, 0.15) is 19.4 Å². The number of benzene rings is 1. The molecule has 0 spiro atoms. The van der Waals surface area contributed by atoms with Crippen LogP contribution in [0.15, 0.2) is 35.1 Å². The highest BCUT2D eigenvalue weighted by molar-refractivity contribution is 5.62. The van der Waals surface area contributed by atoms with E-state index < -0.39 is 5.56 Å². The molecule has 0 aliphatic carbocycles. The number of aryl methyl sites for hydroxylation is 1. The summed E-state index contributed by atoms with van der Waals surface area (Å²) >= 11 is 0. The zero-order valence-electron chi connectivity index (χ0n) is 12.3. The lowest BCUT2D eigenvalue weighted by molar-refractivity contribution is 0.271. The fraction of sp³-hybridized carbons (Fsp3) is 0.312. The van der Waals surface area contributed by atoms with Crippen LogP contribution < -0.4 is 10.3 Å². The summed E-state index contributed by atoms with van der Waals surface area (Å²) in [5.74, 6) is 1.19. The summed E-state index contributed by atoms with van der Waals surface area (Å²) in [6.45, 7) is 4.79. The highest BCUT2D eigenvalue weighted by Gasteiger charge is 2.08.